The molecule has 16 heavy (non-hydrogen) atoms. The normalized spacial score (nSPS) is 10.6. The van der Waals surface area contributed by atoms with Crippen LogP contribution >= 0.6 is 0 Å². The number of carbonyl (C=O) groups is 1. The molecule has 1 aromatic carbocycles. The monoisotopic (exact) mass is 237 g/mol. The quantitative estimate of drug-likeness (QED) is 0.817. The molecule has 1 N–H and O–H groups in total. The second-order valence-corrected chi connectivity index (χ2v) is 2.69. The molecule has 0 aliphatic carbocycles. The Morgan fingerprint density at radius 3 is 2.12 bits per heavy atom. The molecule has 0 unspecified atom stereocenters. The van der Waals surface area contributed by atoms with Gasteiger partial charge in [-0.3, -0.25) is 4.79 Å². The SMILES string of the molecule is O=C(Nc1ccc(OC(F)F)cc1)C(F)F. The highest BCUT2D eigenvalue weighted by Crippen LogP contribution is 2.17. The van der Waals surface area contributed by atoms with Crippen LogP contribution in [0.15, 0.2) is 24.3 Å². The zero-order valence-electron chi connectivity index (χ0n) is 7.79. The molecule has 88 valence electrons. The maximum atomic E-state index is 11.8. The first-order chi connectivity index (χ1) is 7.49. The van der Waals surface area contributed by atoms with E-state index in [0.717, 1.165) is 12.1 Å². The van der Waals surface area contributed by atoms with Crippen molar-refractivity contribution >= 4 is 11.6 Å². The van der Waals surface area contributed by atoms with Crippen molar-refractivity contribution in [1.29, 1.82) is 0 Å². The lowest BCUT2D eigenvalue weighted by molar-refractivity contribution is -0.126. The van der Waals surface area contributed by atoms with Gasteiger partial charge in [0.15, 0.2) is 0 Å². The van der Waals surface area contributed by atoms with Gasteiger partial charge in [0.05, 0.1) is 0 Å². The summed E-state index contributed by atoms with van der Waals surface area (Å²) in [5.74, 6) is -1.58. The van der Waals surface area contributed by atoms with Crippen LogP contribution in [0.25, 0.3) is 0 Å². The minimum absolute atomic E-state index is 0.0758. The van der Waals surface area contributed by atoms with Gasteiger partial charge in [-0.05, 0) is 24.3 Å². The molecule has 0 spiro atoms. The van der Waals surface area contributed by atoms with Crippen LogP contribution in [0.1, 0.15) is 0 Å². The lowest BCUT2D eigenvalue weighted by atomic mass is 10.3. The summed E-state index contributed by atoms with van der Waals surface area (Å²) in [6.07, 6.45) is -3.13. The van der Waals surface area contributed by atoms with Crippen molar-refractivity contribution in [3.8, 4) is 5.75 Å². The fourth-order valence-corrected chi connectivity index (χ4v) is 0.917. The molecule has 0 saturated heterocycles. The van der Waals surface area contributed by atoms with Crippen LogP contribution in [0.3, 0.4) is 0 Å². The molecule has 0 aromatic heterocycles. The molecule has 0 radical (unpaired) electrons. The first kappa shape index (κ1) is 12.3. The number of amides is 1. The zero-order chi connectivity index (χ0) is 12.1. The molecular weight excluding hydrogens is 230 g/mol. The lowest BCUT2D eigenvalue weighted by Crippen LogP contribution is -2.19. The molecular formula is C9H7F4NO2. The maximum Gasteiger partial charge on any atom is 0.387 e. The number of hydrogen-bond acceptors (Lipinski definition) is 2. The summed E-state index contributed by atoms with van der Waals surface area (Å²) < 4.78 is 51.2. The van der Waals surface area contributed by atoms with Gasteiger partial charge in [-0.15, -0.1) is 0 Å². The van der Waals surface area contributed by atoms with Crippen LogP contribution in [0.2, 0.25) is 0 Å². The predicted molar refractivity (Wildman–Crippen MR) is 47.7 cm³/mol. The third-order valence-corrected chi connectivity index (χ3v) is 1.55. The van der Waals surface area contributed by atoms with E-state index < -0.39 is 18.9 Å². The molecule has 0 aliphatic rings. The van der Waals surface area contributed by atoms with E-state index in [2.05, 4.69) is 4.74 Å². The van der Waals surface area contributed by atoms with Crippen molar-refractivity contribution in [2.24, 2.45) is 0 Å². The van der Waals surface area contributed by atoms with Crippen molar-refractivity contribution in [3.05, 3.63) is 24.3 Å². The van der Waals surface area contributed by atoms with Gasteiger partial charge in [0.1, 0.15) is 5.75 Å². The molecule has 1 aromatic rings. The van der Waals surface area contributed by atoms with Crippen LogP contribution in [0.5, 0.6) is 5.75 Å². The van der Waals surface area contributed by atoms with Crippen LogP contribution in [0.4, 0.5) is 23.2 Å². The van der Waals surface area contributed by atoms with Crippen molar-refractivity contribution in [3.63, 3.8) is 0 Å². The Morgan fingerprint density at radius 2 is 1.69 bits per heavy atom. The van der Waals surface area contributed by atoms with Gasteiger partial charge >= 0.3 is 13.0 Å². The first-order valence-corrected chi connectivity index (χ1v) is 4.13. The van der Waals surface area contributed by atoms with E-state index in [0.29, 0.717) is 0 Å². The number of halogens is 4. The minimum Gasteiger partial charge on any atom is -0.435 e. The van der Waals surface area contributed by atoms with Crippen molar-refractivity contribution in [2.75, 3.05) is 5.32 Å². The molecule has 0 heterocycles. The number of benzene rings is 1. The van der Waals surface area contributed by atoms with Gasteiger partial charge in [-0.1, -0.05) is 0 Å². The average Bonchev–Trinajstić information content (AvgIpc) is 2.20. The first-order valence-electron chi connectivity index (χ1n) is 4.13. The summed E-state index contributed by atoms with van der Waals surface area (Å²) in [4.78, 5) is 10.6. The largest absolute Gasteiger partial charge is 0.435 e. The Labute approximate surface area is 88.0 Å². The van der Waals surface area contributed by atoms with E-state index in [1.165, 1.54) is 12.1 Å². The molecule has 3 nitrogen and oxygen atoms in total. The summed E-state index contributed by atoms with van der Waals surface area (Å²) in [6.45, 7) is -2.96. The number of hydrogen-bond donors (Lipinski definition) is 1. The smallest absolute Gasteiger partial charge is 0.387 e. The number of rotatable bonds is 4. The second-order valence-electron chi connectivity index (χ2n) is 2.69. The lowest BCUT2D eigenvalue weighted by Gasteiger charge is -2.06. The molecule has 0 fully saturated rings. The minimum atomic E-state index is -3.13. The van der Waals surface area contributed by atoms with E-state index >= 15 is 0 Å². The average molecular weight is 237 g/mol. The van der Waals surface area contributed by atoms with Gasteiger partial charge in [0.25, 0.3) is 5.91 Å². The highest BCUT2D eigenvalue weighted by molar-refractivity contribution is 5.93. The van der Waals surface area contributed by atoms with Crippen molar-refractivity contribution < 1.29 is 27.1 Å². The summed E-state index contributed by atoms with van der Waals surface area (Å²) in [5.41, 5.74) is 0.0758. The van der Waals surface area contributed by atoms with Crippen LogP contribution < -0.4 is 10.1 Å². The Bertz CT molecular complexity index is 353. The van der Waals surface area contributed by atoms with Gasteiger partial charge < -0.3 is 10.1 Å². The fraction of sp³-hybridized carbons (Fsp3) is 0.222. The number of carbonyl (C=O) groups excluding carboxylic acids is 1. The van der Waals surface area contributed by atoms with Crippen molar-refractivity contribution in [1.82, 2.24) is 0 Å². The highest BCUT2D eigenvalue weighted by atomic mass is 19.3. The second kappa shape index (κ2) is 5.34. The Morgan fingerprint density at radius 1 is 1.12 bits per heavy atom. The van der Waals surface area contributed by atoms with E-state index in [1.54, 1.807) is 0 Å². The zero-order valence-corrected chi connectivity index (χ0v) is 7.79. The van der Waals surface area contributed by atoms with E-state index in [4.69, 9.17) is 0 Å². The van der Waals surface area contributed by atoms with Crippen LogP contribution in [-0.2, 0) is 4.79 Å². The molecule has 1 amide bonds. The Kier molecular flexibility index (Phi) is 4.10. The highest BCUT2D eigenvalue weighted by Gasteiger charge is 2.14. The Hall–Kier alpha value is -1.79. The fourth-order valence-electron chi connectivity index (χ4n) is 0.917. The summed E-state index contributed by atoms with van der Waals surface area (Å²) in [5, 5.41) is 1.89. The van der Waals surface area contributed by atoms with E-state index in [1.807, 2.05) is 5.32 Å². The topological polar surface area (TPSA) is 38.3 Å². The van der Waals surface area contributed by atoms with Crippen LogP contribution in [-0.4, -0.2) is 18.9 Å². The predicted octanol–water partition coefficient (Wildman–Crippen LogP) is 2.49. The number of ether oxygens (including phenoxy) is 1. The van der Waals surface area contributed by atoms with Gasteiger partial charge in [-0.25, -0.2) is 0 Å². The van der Waals surface area contributed by atoms with Gasteiger partial charge in [0, 0.05) is 5.69 Å². The van der Waals surface area contributed by atoms with Gasteiger partial charge in [-0.2, -0.15) is 17.6 Å². The molecule has 0 saturated carbocycles. The van der Waals surface area contributed by atoms with Crippen molar-refractivity contribution in [2.45, 2.75) is 13.0 Å². The summed E-state index contributed by atoms with van der Waals surface area (Å²) in [7, 11) is 0. The molecule has 7 heteroatoms. The maximum absolute atomic E-state index is 11.8. The molecule has 0 bridgehead atoms. The standard InChI is InChI=1S/C9H7F4NO2/c10-7(11)8(15)14-5-1-3-6(4-2-5)16-9(12)13/h1-4,7,9H,(H,14,15). The van der Waals surface area contributed by atoms with E-state index in [9.17, 15) is 22.4 Å². The number of alkyl halides is 4. The van der Waals surface area contributed by atoms with Crippen LogP contribution in [0, 0.1) is 0 Å². The third-order valence-electron chi connectivity index (χ3n) is 1.55. The van der Waals surface area contributed by atoms with E-state index in [-0.39, 0.29) is 11.4 Å². The number of nitrogens with one attached hydrogen (secondary N) is 1. The molecule has 0 atom stereocenters. The van der Waals surface area contributed by atoms with Gasteiger partial charge in [0.2, 0.25) is 0 Å². The third kappa shape index (κ3) is 3.76. The molecule has 0 aliphatic heterocycles. The Balaban J connectivity index is 2.61. The number of anilines is 1. The summed E-state index contributed by atoms with van der Waals surface area (Å²) in [6, 6.07) is 4.62. The molecule has 1 rings (SSSR count). The summed E-state index contributed by atoms with van der Waals surface area (Å²) >= 11 is 0.